The van der Waals surface area contributed by atoms with Gasteiger partial charge in [-0.15, -0.1) is 0 Å². The van der Waals surface area contributed by atoms with Crippen LogP contribution in [0.2, 0.25) is 5.02 Å². The number of hydrogen-bond acceptors (Lipinski definition) is 4. The highest BCUT2D eigenvalue weighted by atomic mass is 35.5. The number of halogens is 1. The number of nitrogens with zero attached hydrogens (tertiary/aromatic N) is 1. The summed E-state index contributed by atoms with van der Waals surface area (Å²) < 4.78 is 10.1. The fourth-order valence-electron chi connectivity index (χ4n) is 1.69. The standard InChI is InChI=1S/C17H20ClNO4/c1-4-10-19(13(3)11-16(20)22-5-2)17(21)23-12-14-6-8-15(18)9-7-14/h4,6-11H,5,12H2,1-3H3. The van der Waals surface area contributed by atoms with Crippen LogP contribution in [0.5, 0.6) is 0 Å². The molecular formula is C17H20ClNO4. The quantitative estimate of drug-likeness (QED) is 0.574. The zero-order valence-electron chi connectivity index (χ0n) is 13.4. The van der Waals surface area contributed by atoms with Gasteiger partial charge in [0.25, 0.3) is 0 Å². The summed E-state index contributed by atoms with van der Waals surface area (Å²) in [4.78, 5) is 24.9. The molecule has 0 bridgehead atoms. The minimum atomic E-state index is -0.587. The predicted molar refractivity (Wildman–Crippen MR) is 88.7 cm³/mol. The van der Waals surface area contributed by atoms with Gasteiger partial charge in [0.2, 0.25) is 0 Å². The monoisotopic (exact) mass is 337 g/mol. The molecule has 0 aliphatic carbocycles. The topological polar surface area (TPSA) is 55.8 Å². The first-order valence-corrected chi connectivity index (χ1v) is 7.54. The minimum Gasteiger partial charge on any atom is -0.463 e. The Morgan fingerprint density at radius 1 is 1.22 bits per heavy atom. The summed E-state index contributed by atoms with van der Waals surface area (Å²) in [6.45, 7) is 5.48. The molecule has 23 heavy (non-hydrogen) atoms. The van der Waals surface area contributed by atoms with E-state index in [1.807, 2.05) is 0 Å². The van der Waals surface area contributed by atoms with E-state index in [-0.39, 0.29) is 13.2 Å². The second-order valence-corrected chi connectivity index (χ2v) is 5.01. The van der Waals surface area contributed by atoms with Gasteiger partial charge in [0, 0.05) is 23.0 Å². The van der Waals surface area contributed by atoms with Crippen LogP contribution in [0.25, 0.3) is 0 Å². The van der Waals surface area contributed by atoms with Crippen LogP contribution >= 0.6 is 11.6 Å². The van der Waals surface area contributed by atoms with Crippen LogP contribution in [0.4, 0.5) is 4.79 Å². The largest absolute Gasteiger partial charge is 0.463 e. The maximum Gasteiger partial charge on any atom is 0.418 e. The van der Waals surface area contributed by atoms with Crippen molar-refractivity contribution in [2.24, 2.45) is 0 Å². The van der Waals surface area contributed by atoms with Crippen molar-refractivity contribution in [3.05, 3.63) is 58.9 Å². The number of benzene rings is 1. The van der Waals surface area contributed by atoms with Crippen LogP contribution in [-0.2, 0) is 20.9 Å². The molecule has 0 aliphatic rings. The molecule has 0 radical (unpaired) electrons. The van der Waals surface area contributed by atoms with E-state index >= 15 is 0 Å². The smallest absolute Gasteiger partial charge is 0.418 e. The van der Waals surface area contributed by atoms with Gasteiger partial charge in [-0.3, -0.25) is 4.90 Å². The molecule has 1 aromatic rings. The summed E-state index contributed by atoms with van der Waals surface area (Å²) >= 11 is 5.81. The van der Waals surface area contributed by atoms with Gasteiger partial charge in [0.05, 0.1) is 6.61 Å². The van der Waals surface area contributed by atoms with E-state index in [2.05, 4.69) is 0 Å². The summed E-state index contributed by atoms with van der Waals surface area (Å²) in [6, 6.07) is 6.99. The zero-order valence-corrected chi connectivity index (χ0v) is 14.2. The number of ether oxygens (including phenoxy) is 2. The third-order valence-corrected chi connectivity index (χ3v) is 3.02. The highest BCUT2D eigenvalue weighted by molar-refractivity contribution is 6.30. The van der Waals surface area contributed by atoms with Crippen molar-refractivity contribution in [2.45, 2.75) is 27.4 Å². The molecule has 1 rings (SSSR count). The van der Waals surface area contributed by atoms with Crippen molar-refractivity contribution in [3.8, 4) is 0 Å². The van der Waals surface area contributed by atoms with E-state index in [9.17, 15) is 9.59 Å². The van der Waals surface area contributed by atoms with Crippen molar-refractivity contribution in [2.75, 3.05) is 6.61 Å². The highest BCUT2D eigenvalue weighted by Crippen LogP contribution is 2.13. The van der Waals surface area contributed by atoms with E-state index in [0.29, 0.717) is 10.7 Å². The van der Waals surface area contributed by atoms with Crippen molar-refractivity contribution in [1.29, 1.82) is 0 Å². The molecule has 0 saturated heterocycles. The Bertz CT molecular complexity index is 593. The molecule has 124 valence electrons. The van der Waals surface area contributed by atoms with Crippen LogP contribution in [0, 0.1) is 0 Å². The summed E-state index contributed by atoms with van der Waals surface area (Å²) in [5, 5.41) is 0.615. The molecule has 5 nitrogen and oxygen atoms in total. The number of carbonyl (C=O) groups excluding carboxylic acids is 2. The number of esters is 1. The summed E-state index contributed by atoms with van der Waals surface area (Å²) in [5.74, 6) is -0.509. The predicted octanol–water partition coefficient (Wildman–Crippen LogP) is 4.28. The van der Waals surface area contributed by atoms with Gasteiger partial charge in [0.1, 0.15) is 6.61 Å². The summed E-state index contributed by atoms with van der Waals surface area (Å²) in [5.41, 5.74) is 1.22. The number of rotatable bonds is 6. The number of amides is 1. The number of allylic oxidation sites excluding steroid dienone is 2. The second-order valence-electron chi connectivity index (χ2n) is 4.57. The Hall–Kier alpha value is -2.27. The average Bonchev–Trinajstić information content (AvgIpc) is 2.51. The van der Waals surface area contributed by atoms with Gasteiger partial charge in [0.15, 0.2) is 0 Å². The maximum absolute atomic E-state index is 12.2. The number of hydrogen-bond donors (Lipinski definition) is 0. The number of carbonyl (C=O) groups is 2. The summed E-state index contributed by atoms with van der Waals surface area (Å²) in [7, 11) is 0. The first-order chi connectivity index (χ1) is 11.0. The van der Waals surface area contributed by atoms with Crippen molar-refractivity contribution < 1.29 is 19.1 Å². The Labute approximate surface area is 141 Å². The van der Waals surface area contributed by atoms with E-state index < -0.39 is 12.1 Å². The van der Waals surface area contributed by atoms with Gasteiger partial charge >= 0.3 is 12.1 Å². The molecule has 0 spiro atoms. The lowest BCUT2D eigenvalue weighted by Gasteiger charge is -2.18. The normalized spacial score (nSPS) is 11.4. The summed E-state index contributed by atoms with van der Waals surface area (Å²) in [6.07, 6.45) is 3.85. The third-order valence-electron chi connectivity index (χ3n) is 2.76. The lowest BCUT2D eigenvalue weighted by molar-refractivity contribution is -0.137. The molecule has 1 aromatic carbocycles. The lowest BCUT2D eigenvalue weighted by Crippen LogP contribution is -2.25. The van der Waals surface area contributed by atoms with Gasteiger partial charge < -0.3 is 9.47 Å². The van der Waals surface area contributed by atoms with Crippen LogP contribution in [-0.4, -0.2) is 23.6 Å². The van der Waals surface area contributed by atoms with Crippen LogP contribution < -0.4 is 0 Å². The molecule has 0 atom stereocenters. The average molecular weight is 338 g/mol. The molecule has 6 heteroatoms. The highest BCUT2D eigenvalue weighted by Gasteiger charge is 2.15. The minimum absolute atomic E-state index is 0.108. The van der Waals surface area contributed by atoms with Crippen LogP contribution in [0.3, 0.4) is 0 Å². The fourth-order valence-corrected chi connectivity index (χ4v) is 1.82. The van der Waals surface area contributed by atoms with E-state index in [1.165, 1.54) is 17.2 Å². The first kappa shape index (κ1) is 18.8. The van der Waals surface area contributed by atoms with Crippen LogP contribution in [0.15, 0.2) is 48.3 Å². The molecule has 0 fully saturated rings. The van der Waals surface area contributed by atoms with E-state index in [0.717, 1.165) is 5.56 Å². The Balaban J connectivity index is 2.74. The third kappa shape index (κ3) is 6.57. The van der Waals surface area contributed by atoms with Gasteiger partial charge in [-0.2, -0.15) is 0 Å². The lowest BCUT2D eigenvalue weighted by atomic mass is 10.2. The molecular weight excluding hydrogens is 318 g/mol. The second kappa shape index (κ2) is 9.69. The molecule has 0 N–H and O–H groups in total. The van der Waals surface area contributed by atoms with E-state index in [4.69, 9.17) is 21.1 Å². The zero-order chi connectivity index (χ0) is 17.2. The molecule has 0 unspecified atom stereocenters. The van der Waals surface area contributed by atoms with Crippen molar-refractivity contribution in [3.63, 3.8) is 0 Å². The van der Waals surface area contributed by atoms with Gasteiger partial charge in [-0.25, -0.2) is 9.59 Å². The van der Waals surface area contributed by atoms with Crippen LogP contribution in [0.1, 0.15) is 26.3 Å². The maximum atomic E-state index is 12.2. The first-order valence-electron chi connectivity index (χ1n) is 7.16. The SMILES string of the molecule is CC=CN(C(=O)OCc1ccc(Cl)cc1)C(C)=CC(=O)OCC. The molecule has 0 aliphatic heterocycles. The fraction of sp³-hybridized carbons (Fsp3) is 0.294. The molecule has 1 amide bonds. The van der Waals surface area contributed by atoms with E-state index in [1.54, 1.807) is 51.1 Å². The van der Waals surface area contributed by atoms with Crippen molar-refractivity contribution in [1.82, 2.24) is 4.90 Å². The molecule has 0 heterocycles. The van der Waals surface area contributed by atoms with Gasteiger partial charge in [-0.05, 0) is 38.5 Å². The Morgan fingerprint density at radius 2 is 1.87 bits per heavy atom. The van der Waals surface area contributed by atoms with Crippen molar-refractivity contribution >= 4 is 23.7 Å². The Morgan fingerprint density at radius 3 is 2.43 bits per heavy atom. The Kier molecular flexibility index (Phi) is 7.91. The molecule has 0 saturated carbocycles. The van der Waals surface area contributed by atoms with Gasteiger partial charge in [-0.1, -0.05) is 29.8 Å². The molecule has 0 aromatic heterocycles.